The summed E-state index contributed by atoms with van der Waals surface area (Å²) in [5, 5.41) is 0. The standard InChI is InChI=1S/C15H17N3O5/c1-3-17-11(19)6-9(14(17)21)10-7-18(15(22)16-13(10)20)12-5-4-8(2)23-12/h6-8,12H,3-5H2,1-2H3,(H,16,20,22). The number of imide groups is 1. The third-order valence-electron chi connectivity index (χ3n) is 4.10. The van der Waals surface area contributed by atoms with Gasteiger partial charge in [-0.2, -0.15) is 0 Å². The fourth-order valence-electron chi connectivity index (χ4n) is 2.88. The van der Waals surface area contributed by atoms with E-state index in [0.29, 0.717) is 6.42 Å². The molecule has 2 aliphatic rings. The Hall–Kier alpha value is -2.48. The van der Waals surface area contributed by atoms with Crippen LogP contribution in [0, 0.1) is 0 Å². The minimum atomic E-state index is -0.692. The molecule has 0 spiro atoms. The van der Waals surface area contributed by atoms with E-state index in [0.717, 1.165) is 17.4 Å². The van der Waals surface area contributed by atoms with Crippen molar-refractivity contribution >= 4 is 17.4 Å². The van der Waals surface area contributed by atoms with Gasteiger partial charge >= 0.3 is 5.69 Å². The molecule has 8 nitrogen and oxygen atoms in total. The topological polar surface area (TPSA) is 101 Å². The van der Waals surface area contributed by atoms with E-state index in [1.807, 2.05) is 6.92 Å². The molecule has 1 N–H and O–H groups in total. The largest absolute Gasteiger partial charge is 0.355 e. The molecule has 0 radical (unpaired) electrons. The van der Waals surface area contributed by atoms with E-state index in [1.54, 1.807) is 6.92 Å². The van der Waals surface area contributed by atoms with E-state index in [4.69, 9.17) is 4.74 Å². The van der Waals surface area contributed by atoms with Gasteiger partial charge < -0.3 is 4.74 Å². The number of nitrogens with zero attached hydrogens (tertiary/aromatic N) is 2. The summed E-state index contributed by atoms with van der Waals surface area (Å²) < 4.78 is 6.91. The number of likely N-dealkylation sites (N-methyl/N-ethyl adjacent to an activating group) is 1. The number of nitrogens with one attached hydrogen (secondary N) is 1. The number of hydrogen-bond donors (Lipinski definition) is 1. The van der Waals surface area contributed by atoms with Crippen molar-refractivity contribution in [2.75, 3.05) is 6.54 Å². The first-order valence-corrected chi connectivity index (χ1v) is 7.51. The van der Waals surface area contributed by atoms with Gasteiger partial charge in [0.1, 0.15) is 6.23 Å². The highest BCUT2D eigenvalue weighted by Gasteiger charge is 2.33. The number of amides is 2. The molecule has 2 unspecified atom stereocenters. The SMILES string of the molecule is CCN1C(=O)C=C(c2cn(C3CCC(C)O3)c(=O)[nH]c2=O)C1=O. The molecule has 3 rings (SSSR count). The molecule has 1 saturated heterocycles. The molecule has 0 aromatic carbocycles. The fourth-order valence-corrected chi connectivity index (χ4v) is 2.88. The summed E-state index contributed by atoms with van der Waals surface area (Å²) in [6, 6.07) is 0. The highest BCUT2D eigenvalue weighted by Crippen LogP contribution is 2.27. The minimum Gasteiger partial charge on any atom is -0.355 e. The lowest BCUT2D eigenvalue weighted by molar-refractivity contribution is -0.136. The van der Waals surface area contributed by atoms with Gasteiger partial charge in [0.25, 0.3) is 17.4 Å². The zero-order chi connectivity index (χ0) is 16.7. The van der Waals surface area contributed by atoms with Crippen LogP contribution in [0.4, 0.5) is 0 Å². The Bertz CT molecular complexity index is 819. The maximum Gasteiger partial charge on any atom is 0.330 e. The third-order valence-corrected chi connectivity index (χ3v) is 4.10. The molecular formula is C15H17N3O5. The maximum absolute atomic E-state index is 12.2. The Morgan fingerprint density at radius 2 is 2.00 bits per heavy atom. The molecule has 1 aromatic rings. The van der Waals surface area contributed by atoms with E-state index in [2.05, 4.69) is 4.98 Å². The van der Waals surface area contributed by atoms with Crippen LogP contribution in [-0.2, 0) is 14.3 Å². The average Bonchev–Trinajstić information content (AvgIpc) is 3.03. The number of aromatic amines is 1. The lowest BCUT2D eigenvalue weighted by atomic mass is 10.1. The number of hydrogen-bond acceptors (Lipinski definition) is 5. The summed E-state index contributed by atoms with van der Waals surface area (Å²) >= 11 is 0. The number of H-pyrrole nitrogens is 1. The van der Waals surface area contributed by atoms with Gasteiger partial charge in [0.05, 0.1) is 17.2 Å². The van der Waals surface area contributed by atoms with Crippen LogP contribution in [0.1, 0.15) is 38.5 Å². The molecule has 8 heteroatoms. The van der Waals surface area contributed by atoms with Gasteiger partial charge in [-0.25, -0.2) is 4.79 Å². The van der Waals surface area contributed by atoms with Gasteiger partial charge in [0.15, 0.2) is 0 Å². The Labute approximate surface area is 131 Å². The molecule has 2 aliphatic heterocycles. The van der Waals surface area contributed by atoms with E-state index in [-0.39, 0.29) is 23.8 Å². The summed E-state index contributed by atoms with van der Waals surface area (Å²) in [4.78, 5) is 51.3. The lowest BCUT2D eigenvalue weighted by Gasteiger charge is -2.15. The van der Waals surface area contributed by atoms with Gasteiger partial charge in [-0.05, 0) is 26.7 Å². The van der Waals surface area contributed by atoms with Crippen LogP contribution >= 0.6 is 0 Å². The molecule has 0 aliphatic carbocycles. The number of rotatable bonds is 3. The summed E-state index contributed by atoms with van der Waals surface area (Å²) in [7, 11) is 0. The zero-order valence-corrected chi connectivity index (χ0v) is 12.9. The van der Waals surface area contributed by atoms with Gasteiger partial charge in [0, 0.05) is 18.8 Å². The van der Waals surface area contributed by atoms with Crippen molar-refractivity contribution in [1.29, 1.82) is 0 Å². The summed E-state index contributed by atoms with van der Waals surface area (Å²) in [6.45, 7) is 3.79. The predicted octanol–water partition coefficient (Wildman–Crippen LogP) is 0.00620. The van der Waals surface area contributed by atoms with Gasteiger partial charge in [0.2, 0.25) is 0 Å². The second-order valence-corrected chi connectivity index (χ2v) is 5.63. The van der Waals surface area contributed by atoms with E-state index < -0.39 is 29.3 Å². The minimum absolute atomic E-state index is 0.00190. The first kappa shape index (κ1) is 15.4. The molecule has 2 atom stereocenters. The molecule has 1 aromatic heterocycles. The van der Waals surface area contributed by atoms with Gasteiger partial charge in [-0.1, -0.05) is 0 Å². The van der Waals surface area contributed by atoms with Crippen molar-refractivity contribution in [2.24, 2.45) is 0 Å². The molecular weight excluding hydrogens is 302 g/mol. The van der Waals surface area contributed by atoms with Crippen molar-refractivity contribution in [2.45, 2.75) is 39.0 Å². The van der Waals surface area contributed by atoms with Crippen LogP contribution in [0.3, 0.4) is 0 Å². The van der Waals surface area contributed by atoms with Crippen molar-refractivity contribution in [3.05, 3.63) is 38.7 Å². The molecule has 1 fully saturated rings. The second-order valence-electron chi connectivity index (χ2n) is 5.63. The second kappa shape index (κ2) is 5.62. The molecule has 23 heavy (non-hydrogen) atoms. The summed E-state index contributed by atoms with van der Waals surface area (Å²) in [6.07, 6.45) is 3.41. The monoisotopic (exact) mass is 319 g/mol. The highest BCUT2D eigenvalue weighted by molar-refractivity contribution is 6.33. The number of ether oxygens (including phenoxy) is 1. The smallest absolute Gasteiger partial charge is 0.330 e. The van der Waals surface area contributed by atoms with E-state index in [9.17, 15) is 19.2 Å². The number of aromatic nitrogens is 2. The van der Waals surface area contributed by atoms with E-state index in [1.165, 1.54) is 10.8 Å². The van der Waals surface area contributed by atoms with Gasteiger partial charge in [-0.15, -0.1) is 0 Å². The van der Waals surface area contributed by atoms with Crippen molar-refractivity contribution in [3.8, 4) is 0 Å². The maximum atomic E-state index is 12.2. The van der Waals surface area contributed by atoms with Crippen LogP contribution in [0.15, 0.2) is 21.9 Å². The normalized spacial score (nSPS) is 24.4. The highest BCUT2D eigenvalue weighted by atomic mass is 16.5. The van der Waals surface area contributed by atoms with Crippen molar-refractivity contribution in [1.82, 2.24) is 14.5 Å². The Balaban J connectivity index is 2.06. The zero-order valence-electron chi connectivity index (χ0n) is 12.9. The Kier molecular flexibility index (Phi) is 3.77. The summed E-state index contributed by atoms with van der Waals surface area (Å²) in [5.41, 5.74) is -1.29. The quantitative estimate of drug-likeness (QED) is 0.791. The molecule has 122 valence electrons. The average molecular weight is 319 g/mol. The molecule has 0 saturated carbocycles. The summed E-state index contributed by atoms with van der Waals surface area (Å²) in [5.74, 6) is -0.996. The van der Waals surface area contributed by atoms with E-state index >= 15 is 0 Å². The van der Waals surface area contributed by atoms with Crippen LogP contribution < -0.4 is 11.2 Å². The first-order chi connectivity index (χ1) is 10.9. The Morgan fingerprint density at radius 3 is 2.57 bits per heavy atom. The van der Waals surface area contributed by atoms with Crippen LogP contribution in [-0.4, -0.2) is 38.9 Å². The number of carbonyl (C=O) groups is 2. The molecule has 3 heterocycles. The lowest BCUT2D eigenvalue weighted by Crippen LogP contribution is -2.35. The Morgan fingerprint density at radius 1 is 1.26 bits per heavy atom. The number of carbonyl (C=O) groups excluding carboxylic acids is 2. The third kappa shape index (κ3) is 2.55. The first-order valence-electron chi connectivity index (χ1n) is 7.51. The van der Waals surface area contributed by atoms with Crippen LogP contribution in [0.25, 0.3) is 5.57 Å². The van der Waals surface area contributed by atoms with Crippen LogP contribution in [0.2, 0.25) is 0 Å². The van der Waals surface area contributed by atoms with Crippen molar-refractivity contribution < 1.29 is 14.3 Å². The van der Waals surface area contributed by atoms with Crippen LogP contribution in [0.5, 0.6) is 0 Å². The molecule has 2 amide bonds. The fraction of sp³-hybridized carbons (Fsp3) is 0.467. The van der Waals surface area contributed by atoms with Crippen molar-refractivity contribution in [3.63, 3.8) is 0 Å². The predicted molar refractivity (Wildman–Crippen MR) is 80.5 cm³/mol. The van der Waals surface area contributed by atoms with Gasteiger partial charge in [-0.3, -0.25) is 28.8 Å². The molecule has 0 bridgehead atoms.